The van der Waals surface area contributed by atoms with E-state index in [0.29, 0.717) is 5.69 Å². The van der Waals surface area contributed by atoms with Gasteiger partial charge in [-0.25, -0.2) is 4.98 Å². The number of anilines is 1. The molecule has 0 aliphatic rings. The Morgan fingerprint density at radius 3 is 2.88 bits per heavy atom. The van der Waals surface area contributed by atoms with Crippen LogP contribution in [-0.4, -0.2) is 21.3 Å². The van der Waals surface area contributed by atoms with Crippen LogP contribution in [0.3, 0.4) is 0 Å². The van der Waals surface area contributed by atoms with Crippen molar-refractivity contribution in [2.45, 2.75) is 6.42 Å². The number of nitriles is 1. The van der Waals surface area contributed by atoms with Crippen LogP contribution in [0.1, 0.15) is 11.4 Å². The van der Waals surface area contributed by atoms with Gasteiger partial charge in [0, 0.05) is 31.9 Å². The Morgan fingerprint density at radius 1 is 1.41 bits per heavy atom. The van der Waals surface area contributed by atoms with Crippen LogP contribution in [0.4, 0.5) is 5.69 Å². The van der Waals surface area contributed by atoms with Crippen molar-refractivity contribution in [3.8, 4) is 6.07 Å². The summed E-state index contributed by atoms with van der Waals surface area (Å²) in [7, 11) is 1.93. The van der Waals surface area contributed by atoms with E-state index in [1.165, 1.54) is 5.69 Å². The third-order valence-electron chi connectivity index (χ3n) is 2.51. The second-order valence-corrected chi connectivity index (χ2v) is 3.67. The summed E-state index contributed by atoms with van der Waals surface area (Å²) in [6, 6.07) is 7.55. The number of aromatic nitrogens is 3. The molecule has 5 heteroatoms. The Morgan fingerprint density at radius 2 is 2.29 bits per heavy atom. The van der Waals surface area contributed by atoms with Gasteiger partial charge in [0.25, 0.3) is 0 Å². The lowest BCUT2D eigenvalue weighted by Crippen LogP contribution is -2.08. The average Bonchev–Trinajstić information content (AvgIpc) is 2.76. The van der Waals surface area contributed by atoms with Crippen LogP contribution >= 0.6 is 0 Å². The van der Waals surface area contributed by atoms with Crippen molar-refractivity contribution >= 4 is 5.69 Å². The lowest BCUT2D eigenvalue weighted by Gasteiger charge is -2.06. The van der Waals surface area contributed by atoms with Gasteiger partial charge in [-0.05, 0) is 18.2 Å². The fraction of sp³-hybridized carbons (Fsp3) is 0.250. The normalized spacial score (nSPS) is 9.88. The summed E-state index contributed by atoms with van der Waals surface area (Å²) in [5.41, 5.74) is 2.53. The van der Waals surface area contributed by atoms with Gasteiger partial charge < -0.3 is 5.32 Å². The molecular formula is C12H13N5. The van der Waals surface area contributed by atoms with E-state index in [9.17, 15) is 0 Å². The highest BCUT2D eigenvalue weighted by Gasteiger charge is 1.98. The number of pyridine rings is 1. The molecule has 2 aromatic rings. The summed E-state index contributed by atoms with van der Waals surface area (Å²) >= 11 is 0. The highest BCUT2D eigenvalue weighted by molar-refractivity contribution is 5.42. The first-order valence-corrected chi connectivity index (χ1v) is 5.36. The van der Waals surface area contributed by atoms with E-state index in [0.717, 1.165) is 18.7 Å². The molecular weight excluding hydrogens is 214 g/mol. The summed E-state index contributed by atoms with van der Waals surface area (Å²) in [5.74, 6) is 0. The Hall–Kier alpha value is -2.35. The van der Waals surface area contributed by atoms with E-state index in [1.807, 2.05) is 29.9 Å². The molecule has 0 bridgehead atoms. The van der Waals surface area contributed by atoms with E-state index in [2.05, 4.69) is 15.4 Å². The van der Waals surface area contributed by atoms with Crippen LogP contribution in [0.2, 0.25) is 0 Å². The molecule has 0 saturated carbocycles. The van der Waals surface area contributed by atoms with Gasteiger partial charge in [0.05, 0.1) is 11.9 Å². The number of hydrogen-bond donors (Lipinski definition) is 1. The summed E-state index contributed by atoms with van der Waals surface area (Å²) in [6.45, 7) is 0.813. The molecule has 1 N–H and O–H groups in total. The van der Waals surface area contributed by atoms with Crippen molar-refractivity contribution in [3.63, 3.8) is 0 Å². The van der Waals surface area contributed by atoms with Crippen molar-refractivity contribution in [3.05, 3.63) is 42.0 Å². The standard InChI is InChI=1S/C12H13N5/c1-17-12(5-7-16-17)4-6-14-11-3-2-10(8-13)15-9-11/h2-3,5,7,9,14H,4,6H2,1H3. The quantitative estimate of drug-likeness (QED) is 0.856. The van der Waals surface area contributed by atoms with Crippen LogP contribution in [-0.2, 0) is 13.5 Å². The van der Waals surface area contributed by atoms with Crippen molar-refractivity contribution in [1.29, 1.82) is 5.26 Å². The Balaban J connectivity index is 1.86. The molecule has 0 aliphatic heterocycles. The maximum Gasteiger partial charge on any atom is 0.140 e. The molecule has 86 valence electrons. The predicted octanol–water partition coefficient (Wildman–Crippen LogP) is 1.34. The van der Waals surface area contributed by atoms with Gasteiger partial charge in [-0.2, -0.15) is 10.4 Å². The average molecular weight is 227 g/mol. The van der Waals surface area contributed by atoms with Crippen LogP contribution < -0.4 is 5.32 Å². The molecule has 0 spiro atoms. The first-order chi connectivity index (χ1) is 8.29. The summed E-state index contributed by atoms with van der Waals surface area (Å²) < 4.78 is 1.86. The largest absolute Gasteiger partial charge is 0.383 e. The number of hydrogen-bond acceptors (Lipinski definition) is 4. The Labute approximate surface area is 99.7 Å². The van der Waals surface area contributed by atoms with Crippen molar-refractivity contribution in [2.24, 2.45) is 7.05 Å². The molecule has 0 atom stereocenters. The lowest BCUT2D eigenvalue weighted by molar-refractivity contribution is 0.711. The maximum absolute atomic E-state index is 8.62. The molecule has 2 aromatic heterocycles. The molecule has 5 nitrogen and oxygen atoms in total. The van der Waals surface area contributed by atoms with Gasteiger partial charge in [0.1, 0.15) is 11.8 Å². The number of nitrogens with one attached hydrogen (secondary N) is 1. The summed E-state index contributed by atoms with van der Waals surface area (Å²) in [6.07, 6.45) is 4.36. The molecule has 0 radical (unpaired) electrons. The van der Waals surface area contributed by atoms with Gasteiger partial charge in [0.15, 0.2) is 0 Å². The second-order valence-electron chi connectivity index (χ2n) is 3.67. The third-order valence-corrected chi connectivity index (χ3v) is 2.51. The zero-order valence-electron chi connectivity index (χ0n) is 9.59. The van der Waals surface area contributed by atoms with Crippen LogP contribution in [0, 0.1) is 11.3 Å². The number of aryl methyl sites for hydroxylation is 1. The summed E-state index contributed by atoms with van der Waals surface area (Å²) in [4.78, 5) is 3.99. The third kappa shape index (κ3) is 2.82. The molecule has 2 rings (SSSR count). The highest BCUT2D eigenvalue weighted by atomic mass is 15.3. The minimum absolute atomic E-state index is 0.433. The first-order valence-electron chi connectivity index (χ1n) is 5.36. The molecule has 0 aliphatic carbocycles. The topological polar surface area (TPSA) is 66.5 Å². The Kier molecular flexibility index (Phi) is 3.36. The molecule has 17 heavy (non-hydrogen) atoms. The van der Waals surface area contributed by atoms with Crippen LogP contribution in [0.5, 0.6) is 0 Å². The second kappa shape index (κ2) is 5.12. The minimum Gasteiger partial charge on any atom is -0.383 e. The molecule has 0 saturated heterocycles. The smallest absolute Gasteiger partial charge is 0.140 e. The van der Waals surface area contributed by atoms with Crippen LogP contribution in [0.25, 0.3) is 0 Å². The Bertz CT molecular complexity index is 521. The summed E-state index contributed by atoms with van der Waals surface area (Å²) in [5, 5.41) is 16.0. The van der Waals surface area contributed by atoms with Crippen molar-refractivity contribution in [1.82, 2.24) is 14.8 Å². The van der Waals surface area contributed by atoms with Gasteiger partial charge in [-0.3, -0.25) is 4.68 Å². The van der Waals surface area contributed by atoms with Crippen molar-refractivity contribution < 1.29 is 0 Å². The van der Waals surface area contributed by atoms with Crippen LogP contribution in [0.15, 0.2) is 30.6 Å². The van der Waals surface area contributed by atoms with E-state index >= 15 is 0 Å². The monoisotopic (exact) mass is 227 g/mol. The van der Waals surface area contributed by atoms with Gasteiger partial charge in [0.2, 0.25) is 0 Å². The van der Waals surface area contributed by atoms with E-state index < -0.39 is 0 Å². The van der Waals surface area contributed by atoms with Crippen molar-refractivity contribution in [2.75, 3.05) is 11.9 Å². The SMILES string of the molecule is Cn1nccc1CCNc1ccc(C#N)nc1. The van der Waals surface area contributed by atoms with E-state index in [4.69, 9.17) is 5.26 Å². The van der Waals surface area contributed by atoms with Gasteiger partial charge in [-0.1, -0.05) is 0 Å². The molecule has 2 heterocycles. The molecule has 0 amide bonds. The van der Waals surface area contributed by atoms with E-state index in [1.54, 1.807) is 18.5 Å². The zero-order chi connectivity index (χ0) is 12.1. The van der Waals surface area contributed by atoms with E-state index in [-0.39, 0.29) is 0 Å². The fourth-order valence-corrected chi connectivity index (χ4v) is 1.55. The highest BCUT2D eigenvalue weighted by Crippen LogP contribution is 2.06. The predicted molar refractivity (Wildman–Crippen MR) is 64.4 cm³/mol. The molecule has 0 unspecified atom stereocenters. The van der Waals surface area contributed by atoms with Gasteiger partial charge >= 0.3 is 0 Å². The maximum atomic E-state index is 8.62. The minimum atomic E-state index is 0.433. The number of rotatable bonds is 4. The molecule has 0 fully saturated rings. The lowest BCUT2D eigenvalue weighted by atomic mass is 10.3. The fourth-order valence-electron chi connectivity index (χ4n) is 1.55. The van der Waals surface area contributed by atoms with Gasteiger partial charge in [-0.15, -0.1) is 0 Å². The number of nitrogens with zero attached hydrogens (tertiary/aromatic N) is 4. The molecule has 0 aromatic carbocycles. The first kappa shape index (κ1) is 11.1. The zero-order valence-corrected chi connectivity index (χ0v) is 9.59.